The standard InChI is InChI=1S/C13H18N2O2/c1-4-15-13(2,9-14)10-17-12-8-6-5-7-11(12)16-3/h5-8,15H,4,10H2,1-3H3. The molecule has 0 saturated heterocycles. The van der Waals surface area contributed by atoms with E-state index in [2.05, 4.69) is 11.4 Å². The normalized spacial score (nSPS) is 13.5. The van der Waals surface area contributed by atoms with E-state index in [0.717, 1.165) is 6.54 Å². The van der Waals surface area contributed by atoms with Crippen LogP contribution in [0.4, 0.5) is 0 Å². The van der Waals surface area contributed by atoms with Gasteiger partial charge >= 0.3 is 0 Å². The van der Waals surface area contributed by atoms with Crippen molar-refractivity contribution in [2.24, 2.45) is 0 Å². The molecule has 0 aliphatic carbocycles. The molecule has 17 heavy (non-hydrogen) atoms. The second-order valence-electron chi connectivity index (χ2n) is 3.91. The SMILES string of the molecule is CCNC(C)(C#N)COc1ccccc1OC. The predicted molar refractivity (Wildman–Crippen MR) is 66.2 cm³/mol. The Hall–Kier alpha value is -1.73. The Balaban J connectivity index is 2.69. The van der Waals surface area contributed by atoms with Gasteiger partial charge in [0.05, 0.1) is 13.2 Å². The number of rotatable bonds is 6. The van der Waals surface area contributed by atoms with Crippen LogP contribution >= 0.6 is 0 Å². The van der Waals surface area contributed by atoms with Crippen molar-refractivity contribution >= 4 is 0 Å². The zero-order valence-corrected chi connectivity index (χ0v) is 10.5. The van der Waals surface area contributed by atoms with E-state index in [1.165, 1.54) is 0 Å². The highest BCUT2D eigenvalue weighted by Crippen LogP contribution is 2.26. The molecule has 4 heteroatoms. The topological polar surface area (TPSA) is 54.3 Å². The van der Waals surface area contributed by atoms with Gasteiger partial charge in [-0.3, -0.25) is 5.32 Å². The molecule has 0 fully saturated rings. The molecule has 0 spiro atoms. The second-order valence-corrected chi connectivity index (χ2v) is 3.91. The van der Waals surface area contributed by atoms with Gasteiger partial charge in [0, 0.05) is 0 Å². The Kier molecular flexibility index (Phi) is 4.80. The highest BCUT2D eigenvalue weighted by atomic mass is 16.5. The van der Waals surface area contributed by atoms with Crippen LogP contribution in [0.3, 0.4) is 0 Å². The molecule has 1 N–H and O–H groups in total. The quantitative estimate of drug-likeness (QED) is 0.817. The molecule has 0 bridgehead atoms. The average molecular weight is 234 g/mol. The number of hydrogen-bond acceptors (Lipinski definition) is 4. The number of methoxy groups -OCH3 is 1. The maximum atomic E-state index is 9.10. The van der Waals surface area contributed by atoms with Crippen LogP contribution in [-0.2, 0) is 0 Å². The lowest BCUT2D eigenvalue weighted by Gasteiger charge is -2.23. The lowest BCUT2D eigenvalue weighted by molar-refractivity contribution is 0.227. The lowest BCUT2D eigenvalue weighted by atomic mass is 10.1. The Morgan fingerprint density at radius 2 is 2.00 bits per heavy atom. The van der Waals surface area contributed by atoms with E-state index >= 15 is 0 Å². The molecule has 0 aliphatic heterocycles. The lowest BCUT2D eigenvalue weighted by Crippen LogP contribution is -2.46. The van der Waals surface area contributed by atoms with E-state index in [4.69, 9.17) is 14.7 Å². The van der Waals surface area contributed by atoms with E-state index in [0.29, 0.717) is 11.5 Å². The van der Waals surface area contributed by atoms with Gasteiger partial charge in [0.25, 0.3) is 0 Å². The largest absolute Gasteiger partial charge is 0.493 e. The molecular weight excluding hydrogens is 216 g/mol. The maximum Gasteiger partial charge on any atom is 0.161 e. The van der Waals surface area contributed by atoms with Crippen molar-refractivity contribution in [3.8, 4) is 17.6 Å². The van der Waals surface area contributed by atoms with Crippen LogP contribution in [0.2, 0.25) is 0 Å². The Morgan fingerprint density at radius 1 is 1.35 bits per heavy atom. The number of likely N-dealkylation sites (N-methyl/N-ethyl adjacent to an activating group) is 1. The number of nitriles is 1. The van der Waals surface area contributed by atoms with Crippen molar-refractivity contribution in [1.29, 1.82) is 5.26 Å². The first-order valence-corrected chi connectivity index (χ1v) is 5.57. The fraction of sp³-hybridized carbons (Fsp3) is 0.462. The van der Waals surface area contributed by atoms with Crippen molar-refractivity contribution in [1.82, 2.24) is 5.32 Å². The van der Waals surface area contributed by atoms with Crippen molar-refractivity contribution in [3.05, 3.63) is 24.3 Å². The minimum Gasteiger partial charge on any atom is -0.493 e. The van der Waals surface area contributed by atoms with Crippen molar-refractivity contribution in [3.63, 3.8) is 0 Å². The van der Waals surface area contributed by atoms with Crippen LogP contribution in [0.1, 0.15) is 13.8 Å². The van der Waals surface area contributed by atoms with Crippen LogP contribution < -0.4 is 14.8 Å². The summed E-state index contributed by atoms with van der Waals surface area (Å²) in [4.78, 5) is 0. The van der Waals surface area contributed by atoms with Crippen LogP contribution in [-0.4, -0.2) is 25.8 Å². The summed E-state index contributed by atoms with van der Waals surface area (Å²) in [6.45, 7) is 4.77. The van der Waals surface area contributed by atoms with E-state index in [1.807, 2.05) is 38.1 Å². The van der Waals surface area contributed by atoms with E-state index in [9.17, 15) is 0 Å². The molecule has 1 aromatic carbocycles. The highest BCUT2D eigenvalue weighted by Gasteiger charge is 2.23. The molecule has 4 nitrogen and oxygen atoms in total. The molecule has 1 unspecified atom stereocenters. The third-order valence-electron chi connectivity index (χ3n) is 2.40. The summed E-state index contributed by atoms with van der Waals surface area (Å²) in [6.07, 6.45) is 0. The zero-order chi connectivity index (χ0) is 12.7. The van der Waals surface area contributed by atoms with Crippen molar-refractivity contribution in [2.75, 3.05) is 20.3 Å². The minimum atomic E-state index is -0.685. The summed E-state index contributed by atoms with van der Waals surface area (Å²) >= 11 is 0. The van der Waals surface area contributed by atoms with E-state index in [-0.39, 0.29) is 6.61 Å². The predicted octanol–water partition coefficient (Wildman–Crippen LogP) is 1.97. The second kappa shape index (κ2) is 6.12. The zero-order valence-electron chi connectivity index (χ0n) is 10.5. The third kappa shape index (κ3) is 3.65. The third-order valence-corrected chi connectivity index (χ3v) is 2.40. The first-order chi connectivity index (χ1) is 8.15. The van der Waals surface area contributed by atoms with Crippen LogP contribution in [0, 0.1) is 11.3 Å². The van der Waals surface area contributed by atoms with Crippen molar-refractivity contribution < 1.29 is 9.47 Å². The monoisotopic (exact) mass is 234 g/mol. The summed E-state index contributed by atoms with van der Waals surface area (Å²) in [5, 5.41) is 12.2. The first kappa shape index (κ1) is 13.3. The smallest absolute Gasteiger partial charge is 0.161 e. The number of hydrogen-bond donors (Lipinski definition) is 1. The molecule has 0 radical (unpaired) electrons. The summed E-state index contributed by atoms with van der Waals surface area (Å²) in [5.41, 5.74) is -0.685. The van der Waals surface area contributed by atoms with Gasteiger partial charge in [-0.25, -0.2) is 0 Å². The van der Waals surface area contributed by atoms with E-state index < -0.39 is 5.54 Å². The summed E-state index contributed by atoms with van der Waals surface area (Å²) in [5.74, 6) is 1.32. The number of para-hydroxylation sites is 2. The van der Waals surface area contributed by atoms with Gasteiger partial charge in [-0.15, -0.1) is 0 Å². The van der Waals surface area contributed by atoms with Gasteiger partial charge in [0.15, 0.2) is 11.5 Å². The maximum absolute atomic E-state index is 9.10. The van der Waals surface area contributed by atoms with Crippen LogP contribution in [0.5, 0.6) is 11.5 Å². The molecule has 92 valence electrons. The highest BCUT2D eigenvalue weighted by molar-refractivity contribution is 5.39. The molecule has 0 amide bonds. The van der Waals surface area contributed by atoms with Gasteiger partial charge in [0.2, 0.25) is 0 Å². The molecule has 0 heterocycles. The van der Waals surface area contributed by atoms with Gasteiger partial charge in [0.1, 0.15) is 12.1 Å². The summed E-state index contributed by atoms with van der Waals surface area (Å²) in [7, 11) is 1.59. The molecular formula is C13H18N2O2. The molecule has 0 aliphatic rings. The molecule has 1 atom stereocenters. The van der Waals surface area contributed by atoms with Crippen LogP contribution in [0.25, 0.3) is 0 Å². The molecule has 0 saturated carbocycles. The minimum absolute atomic E-state index is 0.276. The fourth-order valence-electron chi connectivity index (χ4n) is 1.47. The first-order valence-electron chi connectivity index (χ1n) is 5.57. The van der Waals surface area contributed by atoms with Gasteiger partial charge in [-0.2, -0.15) is 5.26 Å². The number of benzene rings is 1. The Morgan fingerprint density at radius 3 is 2.53 bits per heavy atom. The van der Waals surface area contributed by atoms with Gasteiger partial charge in [-0.1, -0.05) is 19.1 Å². The Labute approximate surface area is 102 Å². The molecule has 1 rings (SSSR count). The number of nitrogens with one attached hydrogen (secondary N) is 1. The molecule has 0 aromatic heterocycles. The van der Waals surface area contributed by atoms with Crippen molar-refractivity contribution in [2.45, 2.75) is 19.4 Å². The number of nitrogens with zero attached hydrogens (tertiary/aromatic N) is 1. The average Bonchev–Trinajstić information content (AvgIpc) is 2.37. The van der Waals surface area contributed by atoms with E-state index in [1.54, 1.807) is 7.11 Å². The Bertz CT molecular complexity index is 401. The van der Waals surface area contributed by atoms with Crippen LogP contribution in [0.15, 0.2) is 24.3 Å². The summed E-state index contributed by atoms with van der Waals surface area (Å²) < 4.78 is 10.8. The summed E-state index contributed by atoms with van der Waals surface area (Å²) in [6, 6.07) is 9.60. The molecule has 1 aromatic rings. The van der Waals surface area contributed by atoms with Gasteiger partial charge in [-0.05, 0) is 25.6 Å². The van der Waals surface area contributed by atoms with Gasteiger partial charge < -0.3 is 9.47 Å². The number of ether oxygens (including phenoxy) is 2. The fourth-order valence-corrected chi connectivity index (χ4v) is 1.47.